The zero-order valence-electron chi connectivity index (χ0n) is 7.03. The fourth-order valence-electron chi connectivity index (χ4n) is 1.44. The summed E-state index contributed by atoms with van der Waals surface area (Å²) in [6.45, 7) is 0.0789. The number of aryl methyl sites for hydroxylation is 1. The molecule has 1 aromatic rings. The van der Waals surface area contributed by atoms with Crippen molar-refractivity contribution in [3.63, 3.8) is 0 Å². The number of aliphatic hydroxyl groups is 1. The molecule has 1 unspecified atom stereocenters. The van der Waals surface area contributed by atoms with Crippen molar-refractivity contribution in [1.29, 1.82) is 0 Å². The average molecular weight is 244 g/mol. The minimum Gasteiger partial charge on any atom is -0.486 e. The fraction of sp³-hybridized carbons (Fsp3) is 0.444. The van der Waals surface area contributed by atoms with Crippen molar-refractivity contribution in [2.24, 2.45) is 0 Å². The van der Waals surface area contributed by atoms with Gasteiger partial charge in [0.1, 0.15) is 16.5 Å². The summed E-state index contributed by atoms with van der Waals surface area (Å²) in [6.07, 6.45) is 3.46. The molecule has 0 amide bonds. The van der Waals surface area contributed by atoms with Crippen molar-refractivity contribution in [3.8, 4) is 5.75 Å². The minimum absolute atomic E-state index is 0.0597. The number of halogens is 1. The van der Waals surface area contributed by atoms with Crippen LogP contribution in [0, 0.1) is 0 Å². The topological polar surface area (TPSA) is 42.4 Å². The maximum Gasteiger partial charge on any atom is 0.141 e. The highest BCUT2D eigenvalue weighted by Crippen LogP contribution is 2.28. The highest BCUT2D eigenvalue weighted by molar-refractivity contribution is 9.10. The maximum absolute atomic E-state index is 8.92. The molecule has 13 heavy (non-hydrogen) atoms. The zero-order valence-corrected chi connectivity index (χ0v) is 8.62. The van der Waals surface area contributed by atoms with Gasteiger partial charge in [-0.15, -0.1) is 0 Å². The third kappa shape index (κ3) is 1.84. The predicted molar refractivity (Wildman–Crippen MR) is 51.8 cm³/mol. The lowest BCUT2D eigenvalue weighted by molar-refractivity contribution is 0.0973. The van der Waals surface area contributed by atoms with E-state index >= 15 is 0 Å². The first-order valence-corrected chi connectivity index (χ1v) is 5.01. The number of hydrogen-bond donors (Lipinski definition) is 1. The molecule has 3 nitrogen and oxygen atoms in total. The fourth-order valence-corrected chi connectivity index (χ4v) is 1.82. The number of ether oxygens (including phenoxy) is 1. The van der Waals surface area contributed by atoms with Crippen LogP contribution in [0.5, 0.6) is 5.75 Å². The third-order valence-corrected chi connectivity index (χ3v) is 2.58. The molecule has 0 radical (unpaired) electrons. The van der Waals surface area contributed by atoms with Gasteiger partial charge in [-0.25, -0.2) is 4.98 Å². The van der Waals surface area contributed by atoms with Gasteiger partial charge >= 0.3 is 0 Å². The zero-order chi connectivity index (χ0) is 9.26. The molecule has 0 saturated carbocycles. The van der Waals surface area contributed by atoms with E-state index in [1.54, 1.807) is 6.20 Å². The van der Waals surface area contributed by atoms with Gasteiger partial charge in [0.05, 0.1) is 12.8 Å². The summed E-state index contributed by atoms with van der Waals surface area (Å²) in [7, 11) is 0. The van der Waals surface area contributed by atoms with E-state index in [1.165, 1.54) is 0 Å². The van der Waals surface area contributed by atoms with E-state index in [4.69, 9.17) is 9.84 Å². The number of aromatic nitrogens is 1. The molecule has 0 aliphatic carbocycles. The minimum atomic E-state index is -0.0597. The van der Waals surface area contributed by atoms with Crippen LogP contribution in [-0.4, -0.2) is 22.8 Å². The summed E-state index contributed by atoms with van der Waals surface area (Å²) in [5, 5.41) is 8.92. The van der Waals surface area contributed by atoms with Gasteiger partial charge in [-0.2, -0.15) is 0 Å². The number of hydrogen-bond acceptors (Lipinski definition) is 3. The number of pyridine rings is 1. The molecule has 2 rings (SSSR count). The molecule has 4 heteroatoms. The monoisotopic (exact) mass is 243 g/mol. The summed E-state index contributed by atoms with van der Waals surface area (Å²) >= 11 is 3.31. The van der Waals surface area contributed by atoms with Crippen LogP contribution in [0.25, 0.3) is 0 Å². The first-order valence-electron chi connectivity index (χ1n) is 4.21. The van der Waals surface area contributed by atoms with Crippen molar-refractivity contribution >= 4 is 15.9 Å². The third-order valence-electron chi connectivity index (χ3n) is 2.15. The second-order valence-electron chi connectivity index (χ2n) is 3.08. The Balaban J connectivity index is 2.26. The molecule has 0 fully saturated rings. The van der Waals surface area contributed by atoms with Crippen LogP contribution >= 0.6 is 15.9 Å². The number of rotatable bonds is 1. The van der Waals surface area contributed by atoms with Gasteiger partial charge in [-0.05, 0) is 40.4 Å². The summed E-state index contributed by atoms with van der Waals surface area (Å²) in [4.78, 5) is 4.07. The van der Waals surface area contributed by atoms with Gasteiger partial charge in [0.25, 0.3) is 0 Å². The van der Waals surface area contributed by atoms with E-state index in [-0.39, 0.29) is 12.7 Å². The van der Waals surface area contributed by atoms with Crippen LogP contribution in [0.2, 0.25) is 0 Å². The molecule has 1 aliphatic rings. The van der Waals surface area contributed by atoms with Gasteiger partial charge in [-0.1, -0.05) is 0 Å². The SMILES string of the molecule is OCC1CCc2cc(Br)ncc2O1. The van der Waals surface area contributed by atoms with Gasteiger partial charge in [0.2, 0.25) is 0 Å². The van der Waals surface area contributed by atoms with Crippen molar-refractivity contribution in [3.05, 3.63) is 22.4 Å². The van der Waals surface area contributed by atoms with E-state index in [9.17, 15) is 0 Å². The van der Waals surface area contributed by atoms with Crippen LogP contribution in [0.1, 0.15) is 12.0 Å². The summed E-state index contributed by atoms with van der Waals surface area (Å²) < 4.78 is 6.33. The van der Waals surface area contributed by atoms with E-state index in [0.29, 0.717) is 0 Å². The summed E-state index contributed by atoms with van der Waals surface area (Å²) in [6, 6.07) is 1.96. The molecule has 1 aromatic heterocycles. The van der Waals surface area contributed by atoms with E-state index in [2.05, 4.69) is 20.9 Å². The Morgan fingerprint density at radius 2 is 2.54 bits per heavy atom. The lowest BCUT2D eigenvalue weighted by Gasteiger charge is -2.24. The highest BCUT2D eigenvalue weighted by atomic mass is 79.9. The smallest absolute Gasteiger partial charge is 0.141 e. The van der Waals surface area contributed by atoms with Crippen molar-refractivity contribution in [1.82, 2.24) is 4.98 Å². The lowest BCUT2D eigenvalue weighted by Crippen LogP contribution is -2.26. The molecule has 0 aromatic carbocycles. The van der Waals surface area contributed by atoms with Crippen LogP contribution < -0.4 is 4.74 Å². The van der Waals surface area contributed by atoms with Crippen LogP contribution in [0.3, 0.4) is 0 Å². The number of aliphatic hydroxyl groups excluding tert-OH is 1. The van der Waals surface area contributed by atoms with Gasteiger partial charge in [0.15, 0.2) is 0 Å². The van der Waals surface area contributed by atoms with Gasteiger partial charge in [0, 0.05) is 0 Å². The molecule has 1 atom stereocenters. The first-order chi connectivity index (χ1) is 6.29. The maximum atomic E-state index is 8.92. The quantitative estimate of drug-likeness (QED) is 0.762. The average Bonchev–Trinajstić information content (AvgIpc) is 2.17. The predicted octanol–water partition coefficient (Wildman–Crippen LogP) is 1.53. The van der Waals surface area contributed by atoms with E-state index < -0.39 is 0 Å². The van der Waals surface area contributed by atoms with Crippen LogP contribution in [-0.2, 0) is 6.42 Å². The number of fused-ring (bicyclic) bond motifs is 1. The standard InChI is InChI=1S/C9H10BrNO2/c10-9-3-6-1-2-7(5-12)13-8(6)4-11-9/h3-4,7,12H,1-2,5H2. The van der Waals surface area contributed by atoms with E-state index in [1.807, 2.05) is 6.07 Å². The Labute approximate surface area is 84.9 Å². The number of nitrogens with zero attached hydrogens (tertiary/aromatic N) is 1. The second-order valence-corrected chi connectivity index (χ2v) is 3.89. The van der Waals surface area contributed by atoms with Gasteiger partial charge < -0.3 is 9.84 Å². The van der Waals surface area contributed by atoms with Crippen molar-refractivity contribution in [2.75, 3.05) is 6.61 Å². The molecule has 0 spiro atoms. The van der Waals surface area contributed by atoms with Gasteiger partial charge in [-0.3, -0.25) is 0 Å². The Kier molecular flexibility index (Phi) is 2.51. The van der Waals surface area contributed by atoms with Crippen molar-refractivity contribution in [2.45, 2.75) is 18.9 Å². The van der Waals surface area contributed by atoms with E-state index in [0.717, 1.165) is 28.8 Å². The van der Waals surface area contributed by atoms with Crippen molar-refractivity contribution < 1.29 is 9.84 Å². The Morgan fingerprint density at radius 1 is 1.69 bits per heavy atom. The molecule has 1 aliphatic heterocycles. The van der Waals surface area contributed by atoms with Crippen LogP contribution in [0.15, 0.2) is 16.9 Å². The normalized spacial score (nSPS) is 20.6. The summed E-state index contributed by atoms with van der Waals surface area (Å²) in [5.41, 5.74) is 1.16. The lowest BCUT2D eigenvalue weighted by atomic mass is 10.0. The Hall–Kier alpha value is -0.610. The first kappa shape index (κ1) is 8.97. The molecular formula is C9H10BrNO2. The molecule has 0 saturated heterocycles. The molecule has 1 N–H and O–H groups in total. The largest absolute Gasteiger partial charge is 0.486 e. The molecule has 70 valence electrons. The molecular weight excluding hydrogens is 234 g/mol. The van der Waals surface area contributed by atoms with Crippen LogP contribution in [0.4, 0.5) is 0 Å². The second kappa shape index (κ2) is 3.64. The highest BCUT2D eigenvalue weighted by Gasteiger charge is 2.19. The molecule has 2 heterocycles. The Bertz CT molecular complexity index is 316. The summed E-state index contributed by atoms with van der Waals surface area (Å²) in [5.74, 6) is 0.800. The molecule has 0 bridgehead atoms. The Morgan fingerprint density at radius 3 is 3.31 bits per heavy atom.